The van der Waals surface area contributed by atoms with E-state index >= 15 is 0 Å². The third-order valence-corrected chi connectivity index (χ3v) is 8.98. The summed E-state index contributed by atoms with van der Waals surface area (Å²) >= 11 is 13.4. The first-order valence-corrected chi connectivity index (χ1v) is 16.6. The molecule has 2 aromatic rings. The molecule has 0 radical (unpaired) electrons. The van der Waals surface area contributed by atoms with Crippen LogP contribution in [0.4, 0.5) is 0 Å². The number of amides is 1. The molecule has 0 spiro atoms. The maximum absolute atomic E-state index is 13.4. The quantitative estimate of drug-likeness (QED) is 0.152. The van der Waals surface area contributed by atoms with Crippen LogP contribution >= 0.6 is 35.0 Å². The number of hydrogen-bond acceptors (Lipinski definition) is 8. The topological polar surface area (TPSA) is 107 Å². The average molecular weight is 664 g/mol. The van der Waals surface area contributed by atoms with Crippen molar-refractivity contribution in [2.24, 2.45) is 5.92 Å². The minimum absolute atomic E-state index is 0.0458. The van der Waals surface area contributed by atoms with Crippen LogP contribution in [-0.4, -0.2) is 70.3 Å². The molecule has 2 aromatic carbocycles. The summed E-state index contributed by atoms with van der Waals surface area (Å²) in [5.41, 5.74) is 2.20. The Kier molecular flexibility index (Phi) is 13.1. The van der Waals surface area contributed by atoms with E-state index in [9.17, 15) is 9.59 Å². The third kappa shape index (κ3) is 9.96. The number of amidine groups is 1. The molecule has 3 rings (SSSR count). The lowest BCUT2D eigenvalue weighted by Crippen LogP contribution is -2.40. The van der Waals surface area contributed by atoms with Crippen LogP contribution in [0, 0.1) is 30.6 Å². The highest BCUT2D eigenvalue weighted by Crippen LogP contribution is 2.30. The van der Waals surface area contributed by atoms with Gasteiger partial charge in [0.15, 0.2) is 5.17 Å². The normalized spacial score (nSPS) is 14.3. The molecular formula is C33H44Cl2N4O4S. The van der Waals surface area contributed by atoms with Crippen LogP contribution in [0.25, 0.3) is 0 Å². The Bertz CT molecular complexity index is 1350. The fraction of sp³-hybridized carbons (Fsp3) is 0.515. The van der Waals surface area contributed by atoms with Crippen LogP contribution < -0.4 is 4.74 Å². The van der Waals surface area contributed by atoms with Gasteiger partial charge in [0.2, 0.25) is 0 Å². The van der Waals surface area contributed by atoms with Crippen LogP contribution in [0.2, 0.25) is 10.0 Å². The van der Waals surface area contributed by atoms with Crippen molar-refractivity contribution in [2.75, 3.05) is 32.8 Å². The van der Waals surface area contributed by atoms with Crippen LogP contribution in [0.1, 0.15) is 80.4 Å². The fourth-order valence-electron chi connectivity index (χ4n) is 5.00. The third-order valence-electron chi connectivity index (χ3n) is 7.31. The molecule has 1 fully saturated rings. The maximum atomic E-state index is 13.4. The van der Waals surface area contributed by atoms with Crippen molar-refractivity contribution in [3.8, 4) is 5.75 Å². The Morgan fingerprint density at radius 2 is 1.73 bits per heavy atom. The lowest BCUT2D eigenvalue weighted by Gasteiger charge is -2.32. The molecule has 1 amide bonds. The molecule has 0 aliphatic carbocycles. The number of nitrogens with zero attached hydrogens (tertiary/aromatic N) is 2. The van der Waals surface area contributed by atoms with Crippen LogP contribution in [-0.2, 0) is 9.53 Å². The molecule has 1 heterocycles. The lowest BCUT2D eigenvalue weighted by molar-refractivity contribution is -0.161. The number of aryl methyl sites for hydroxylation is 2. The summed E-state index contributed by atoms with van der Waals surface area (Å²) in [5, 5.41) is 18.0. The molecule has 11 heteroatoms. The molecule has 1 saturated heterocycles. The van der Waals surface area contributed by atoms with E-state index in [2.05, 4.69) is 4.90 Å². The predicted octanol–water partition coefficient (Wildman–Crippen LogP) is 7.98. The van der Waals surface area contributed by atoms with Crippen molar-refractivity contribution in [2.45, 2.75) is 72.8 Å². The number of benzene rings is 2. The molecule has 8 nitrogen and oxygen atoms in total. The summed E-state index contributed by atoms with van der Waals surface area (Å²) in [4.78, 5) is 29.4. The standard InChI is InChI=1S/C33H44Cl2N4O4S/c1-7-8-14-39(30(40)25-10-9-11-26(34)27(25)35)32(37)44-29(36)24-19-21(2)28(22(3)20-24)42-18-17-38-15-12-23(13-16-38)31(41)43-33(4,5)6/h9-11,19-20,23,36-37H,7-8,12-18H2,1-6H3. The molecule has 0 bridgehead atoms. The van der Waals surface area contributed by atoms with E-state index in [4.69, 9.17) is 43.5 Å². The molecule has 0 unspecified atom stereocenters. The highest BCUT2D eigenvalue weighted by atomic mass is 35.5. The zero-order valence-electron chi connectivity index (χ0n) is 26.5. The smallest absolute Gasteiger partial charge is 0.309 e. The van der Waals surface area contributed by atoms with Gasteiger partial charge in [0, 0.05) is 18.7 Å². The number of esters is 1. The number of likely N-dealkylation sites (tertiary alicyclic amines) is 1. The van der Waals surface area contributed by atoms with Crippen molar-refractivity contribution in [3.63, 3.8) is 0 Å². The number of piperidine rings is 1. The van der Waals surface area contributed by atoms with Gasteiger partial charge in [0.05, 0.1) is 21.5 Å². The molecular weight excluding hydrogens is 619 g/mol. The molecule has 1 aliphatic heterocycles. The lowest BCUT2D eigenvalue weighted by atomic mass is 9.96. The highest BCUT2D eigenvalue weighted by Gasteiger charge is 2.29. The summed E-state index contributed by atoms with van der Waals surface area (Å²) in [7, 11) is 0. The molecule has 44 heavy (non-hydrogen) atoms. The molecule has 0 saturated carbocycles. The van der Waals surface area contributed by atoms with E-state index in [1.54, 1.807) is 18.2 Å². The molecule has 1 aliphatic rings. The SMILES string of the molecule is CCCCN(C(=N)SC(=N)c1cc(C)c(OCCN2CCC(C(=O)OC(C)(C)C)CC2)c(C)c1)C(=O)c1cccc(Cl)c1Cl. The summed E-state index contributed by atoms with van der Waals surface area (Å²) in [6.45, 7) is 14.8. The summed E-state index contributed by atoms with van der Waals surface area (Å²) in [6.07, 6.45) is 3.10. The van der Waals surface area contributed by atoms with E-state index < -0.39 is 11.5 Å². The Morgan fingerprint density at radius 3 is 2.32 bits per heavy atom. The second kappa shape index (κ2) is 16.1. The van der Waals surface area contributed by atoms with Gasteiger partial charge in [-0.1, -0.05) is 42.6 Å². The van der Waals surface area contributed by atoms with Crippen molar-refractivity contribution in [1.82, 2.24) is 9.80 Å². The summed E-state index contributed by atoms with van der Waals surface area (Å²) in [5.74, 6) is 0.205. The molecule has 0 aromatic heterocycles. The minimum atomic E-state index is -0.466. The summed E-state index contributed by atoms with van der Waals surface area (Å²) < 4.78 is 11.7. The van der Waals surface area contributed by atoms with Gasteiger partial charge in [0.1, 0.15) is 23.0 Å². The second-order valence-corrected chi connectivity index (χ2v) is 13.9. The number of ether oxygens (including phenoxy) is 2. The largest absolute Gasteiger partial charge is 0.492 e. The van der Waals surface area contributed by atoms with E-state index in [1.807, 2.05) is 53.7 Å². The van der Waals surface area contributed by atoms with Gasteiger partial charge >= 0.3 is 5.97 Å². The number of carbonyl (C=O) groups excluding carboxylic acids is 2. The van der Waals surface area contributed by atoms with Crippen molar-refractivity contribution >= 4 is 57.1 Å². The Hall–Kier alpha value is -2.59. The number of thioether (sulfide) groups is 1. The summed E-state index contributed by atoms with van der Waals surface area (Å²) in [6, 6.07) is 8.62. The van der Waals surface area contributed by atoms with E-state index in [0.29, 0.717) is 25.1 Å². The highest BCUT2D eigenvalue weighted by molar-refractivity contribution is 8.26. The van der Waals surface area contributed by atoms with Crippen molar-refractivity contribution < 1.29 is 19.1 Å². The van der Waals surface area contributed by atoms with Gasteiger partial charge in [-0.3, -0.25) is 30.2 Å². The van der Waals surface area contributed by atoms with Gasteiger partial charge in [-0.25, -0.2) is 0 Å². The average Bonchev–Trinajstić information content (AvgIpc) is 2.95. The number of rotatable bonds is 10. The number of hydrogen-bond donors (Lipinski definition) is 2. The van der Waals surface area contributed by atoms with E-state index in [-0.39, 0.29) is 37.7 Å². The minimum Gasteiger partial charge on any atom is -0.492 e. The van der Waals surface area contributed by atoms with Crippen molar-refractivity contribution in [3.05, 3.63) is 62.6 Å². The first-order valence-electron chi connectivity index (χ1n) is 15.0. The van der Waals surface area contributed by atoms with Gasteiger partial charge in [-0.15, -0.1) is 0 Å². The molecule has 2 N–H and O–H groups in total. The van der Waals surface area contributed by atoms with Crippen LogP contribution in [0.3, 0.4) is 0 Å². The van der Waals surface area contributed by atoms with E-state index in [1.165, 1.54) is 4.90 Å². The monoisotopic (exact) mass is 662 g/mol. The number of carbonyl (C=O) groups is 2. The molecule has 0 atom stereocenters. The first kappa shape index (κ1) is 35.9. The second-order valence-electron chi connectivity index (χ2n) is 12.1. The zero-order chi connectivity index (χ0) is 32.6. The fourth-order valence-corrected chi connectivity index (χ4v) is 6.09. The Morgan fingerprint density at radius 1 is 1.09 bits per heavy atom. The van der Waals surface area contributed by atoms with Gasteiger partial charge < -0.3 is 9.47 Å². The zero-order valence-corrected chi connectivity index (χ0v) is 28.8. The van der Waals surface area contributed by atoms with Gasteiger partial charge in [0.25, 0.3) is 5.91 Å². The predicted molar refractivity (Wildman–Crippen MR) is 181 cm³/mol. The maximum Gasteiger partial charge on any atom is 0.309 e. The van der Waals surface area contributed by atoms with Crippen LogP contribution in [0.5, 0.6) is 5.75 Å². The number of nitrogens with one attached hydrogen (secondary N) is 2. The number of halogens is 2. The van der Waals surface area contributed by atoms with E-state index in [0.717, 1.165) is 67.5 Å². The Labute approximate surface area is 275 Å². The van der Waals surface area contributed by atoms with Crippen molar-refractivity contribution in [1.29, 1.82) is 10.8 Å². The van der Waals surface area contributed by atoms with Crippen LogP contribution in [0.15, 0.2) is 30.3 Å². The number of unbranched alkanes of at least 4 members (excludes halogenated alkanes) is 1. The molecule has 240 valence electrons. The Balaban J connectivity index is 1.58. The van der Waals surface area contributed by atoms with Gasteiger partial charge in [-0.05, 0) is 114 Å². The van der Waals surface area contributed by atoms with Gasteiger partial charge in [-0.2, -0.15) is 0 Å². The first-order chi connectivity index (χ1) is 20.7.